The van der Waals surface area contributed by atoms with Gasteiger partial charge in [0.1, 0.15) is 11.6 Å². The number of aromatic hydroxyl groups is 1. The van der Waals surface area contributed by atoms with Gasteiger partial charge in [0.15, 0.2) is 11.5 Å². The highest BCUT2D eigenvalue weighted by Gasteiger charge is 2.14. The van der Waals surface area contributed by atoms with Gasteiger partial charge in [0, 0.05) is 0 Å². The van der Waals surface area contributed by atoms with Crippen molar-refractivity contribution >= 4 is 23.6 Å². The molecule has 0 saturated carbocycles. The van der Waals surface area contributed by atoms with E-state index in [1.54, 1.807) is 19.9 Å². The lowest BCUT2D eigenvalue weighted by Crippen LogP contribution is -2.12. The second kappa shape index (κ2) is 6.83. The van der Waals surface area contributed by atoms with Crippen LogP contribution in [0.2, 0.25) is 5.02 Å². The van der Waals surface area contributed by atoms with E-state index in [1.165, 1.54) is 25.3 Å². The molecule has 0 aliphatic carbocycles. The van der Waals surface area contributed by atoms with Gasteiger partial charge in [-0.3, -0.25) is 0 Å². The summed E-state index contributed by atoms with van der Waals surface area (Å²) in [4.78, 5) is 11.7. The van der Waals surface area contributed by atoms with Crippen molar-refractivity contribution in [2.45, 2.75) is 20.0 Å². The maximum absolute atomic E-state index is 11.7. The number of nitrogens with zero attached hydrogens (tertiary/aromatic N) is 1. The van der Waals surface area contributed by atoms with Crippen molar-refractivity contribution in [3.63, 3.8) is 0 Å². The molecule has 0 aliphatic heterocycles. The standard InChI is InChI=1S/C14H14ClNO4/c1-8(2)20-14(18)10(7-16)4-9-5-11(15)13(17)12(6-9)19-3/h4-6,8,17H,1-3H3/b10-4+. The average Bonchev–Trinajstić information content (AvgIpc) is 2.38. The first-order valence-corrected chi connectivity index (χ1v) is 6.16. The molecule has 1 N–H and O–H groups in total. The quantitative estimate of drug-likeness (QED) is 0.525. The van der Waals surface area contributed by atoms with Crippen LogP contribution in [0.25, 0.3) is 6.08 Å². The van der Waals surface area contributed by atoms with Gasteiger partial charge in [0.2, 0.25) is 0 Å². The number of hydrogen-bond acceptors (Lipinski definition) is 5. The molecule has 0 heterocycles. The zero-order valence-electron chi connectivity index (χ0n) is 11.3. The van der Waals surface area contributed by atoms with Crippen molar-refractivity contribution in [1.29, 1.82) is 5.26 Å². The summed E-state index contributed by atoms with van der Waals surface area (Å²) in [5, 5.41) is 18.7. The molecule has 0 spiro atoms. The lowest BCUT2D eigenvalue weighted by atomic mass is 10.1. The van der Waals surface area contributed by atoms with Crippen LogP contribution in [0.5, 0.6) is 11.5 Å². The zero-order valence-corrected chi connectivity index (χ0v) is 12.1. The number of hydrogen-bond donors (Lipinski definition) is 1. The fraction of sp³-hybridized carbons (Fsp3) is 0.286. The molecule has 1 rings (SSSR count). The summed E-state index contributed by atoms with van der Waals surface area (Å²) in [7, 11) is 1.37. The van der Waals surface area contributed by atoms with Crippen molar-refractivity contribution in [3.05, 3.63) is 28.3 Å². The van der Waals surface area contributed by atoms with Crippen LogP contribution in [0.1, 0.15) is 19.4 Å². The van der Waals surface area contributed by atoms with Gasteiger partial charge in [0.25, 0.3) is 0 Å². The first-order valence-electron chi connectivity index (χ1n) is 5.78. The van der Waals surface area contributed by atoms with E-state index < -0.39 is 5.97 Å². The molecule has 0 atom stereocenters. The van der Waals surface area contributed by atoms with Gasteiger partial charge in [0.05, 0.1) is 18.2 Å². The third kappa shape index (κ3) is 3.90. The molecule has 0 aromatic heterocycles. The molecule has 5 nitrogen and oxygen atoms in total. The molecule has 0 fully saturated rings. The van der Waals surface area contributed by atoms with Crippen LogP contribution in [0, 0.1) is 11.3 Å². The molecule has 0 amide bonds. The minimum Gasteiger partial charge on any atom is -0.503 e. The van der Waals surface area contributed by atoms with E-state index in [4.69, 9.17) is 26.3 Å². The molecule has 20 heavy (non-hydrogen) atoms. The highest BCUT2D eigenvalue weighted by molar-refractivity contribution is 6.32. The molecule has 0 bridgehead atoms. The molecule has 1 aromatic carbocycles. The van der Waals surface area contributed by atoms with Gasteiger partial charge in [-0.1, -0.05) is 11.6 Å². The van der Waals surface area contributed by atoms with Crippen molar-refractivity contribution in [2.75, 3.05) is 7.11 Å². The van der Waals surface area contributed by atoms with Gasteiger partial charge >= 0.3 is 5.97 Å². The number of benzene rings is 1. The van der Waals surface area contributed by atoms with Crippen LogP contribution in [0.4, 0.5) is 0 Å². The topological polar surface area (TPSA) is 79.5 Å². The lowest BCUT2D eigenvalue weighted by molar-refractivity contribution is -0.142. The predicted molar refractivity (Wildman–Crippen MR) is 74.5 cm³/mol. The maximum Gasteiger partial charge on any atom is 0.349 e. The molecule has 6 heteroatoms. The van der Waals surface area contributed by atoms with Gasteiger partial charge < -0.3 is 14.6 Å². The molecule has 0 unspecified atom stereocenters. The van der Waals surface area contributed by atoms with Crippen molar-refractivity contribution < 1.29 is 19.4 Å². The van der Waals surface area contributed by atoms with Crippen molar-refractivity contribution in [2.24, 2.45) is 0 Å². The van der Waals surface area contributed by atoms with E-state index in [-0.39, 0.29) is 28.2 Å². The summed E-state index contributed by atoms with van der Waals surface area (Å²) in [6.45, 7) is 3.38. The fourth-order valence-electron chi connectivity index (χ4n) is 1.41. The smallest absolute Gasteiger partial charge is 0.349 e. The van der Waals surface area contributed by atoms with E-state index in [9.17, 15) is 9.90 Å². The SMILES string of the molecule is COc1cc(/C=C(\C#N)C(=O)OC(C)C)cc(Cl)c1O. The summed E-state index contributed by atoms with van der Waals surface area (Å²) in [6.07, 6.45) is 0.996. The van der Waals surface area contributed by atoms with Gasteiger partial charge in [-0.2, -0.15) is 5.26 Å². The molecular weight excluding hydrogens is 282 g/mol. The van der Waals surface area contributed by atoms with E-state index in [2.05, 4.69) is 0 Å². The minimum atomic E-state index is -0.717. The summed E-state index contributed by atoms with van der Waals surface area (Å²) >= 11 is 5.83. The molecule has 0 radical (unpaired) electrons. The first kappa shape index (κ1) is 15.9. The van der Waals surface area contributed by atoms with E-state index in [1.807, 2.05) is 0 Å². The Morgan fingerprint density at radius 3 is 2.65 bits per heavy atom. The number of ether oxygens (including phenoxy) is 2. The van der Waals surface area contributed by atoms with Crippen LogP contribution in [0.3, 0.4) is 0 Å². The Labute approximate surface area is 122 Å². The maximum atomic E-state index is 11.7. The first-order chi connectivity index (χ1) is 9.38. The molecule has 0 saturated heterocycles. The second-order valence-corrected chi connectivity index (χ2v) is 4.58. The molecule has 1 aromatic rings. The van der Waals surface area contributed by atoms with Crippen LogP contribution >= 0.6 is 11.6 Å². The summed E-state index contributed by atoms with van der Waals surface area (Å²) in [5.74, 6) is -0.765. The van der Waals surface area contributed by atoms with Crippen LogP contribution < -0.4 is 4.74 Å². The number of phenols is 1. The Kier molecular flexibility index (Phi) is 5.42. The monoisotopic (exact) mass is 295 g/mol. The highest BCUT2D eigenvalue weighted by Crippen LogP contribution is 2.35. The molecule has 106 valence electrons. The number of esters is 1. The number of carbonyl (C=O) groups excluding carboxylic acids is 1. The largest absolute Gasteiger partial charge is 0.503 e. The number of methoxy groups -OCH3 is 1. The van der Waals surface area contributed by atoms with Crippen LogP contribution in [-0.2, 0) is 9.53 Å². The Morgan fingerprint density at radius 1 is 1.50 bits per heavy atom. The Bertz CT molecular complexity index is 588. The number of carbonyl (C=O) groups is 1. The number of nitriles is 1. The number of rotatable bonds is 4. The Hall–Kier alpha value is -2.19. The predicted octanol–water partition coefficient (Wildman–Crippen LogP) is 2.91. The second-order valence-electron chi connectivity index (χ2n) is 4.18. The average molecular weight is 296 g/mol. The molecular formula is C14H14ClNO4. The van der Waals surface area contributed by atoms with Crippen LogP contribution in [0.15, 0.2) is 17.7 Å². The van der Waals surface area contributed by atoms with Gasteiger partial charge in [-0.15, -0.1) is 0 Å². The zero-order chi connectivity index (χ0) is 15.3. The number of phenolic OH excluding ortho intramolecular Hbond substituents is 1. The normalized spacial score (nSPS) is 11.1. The van der Waals surface area contributed by atoms with E-state index in [0.29, 0.717) is 5.56 Å². The summed E-state index contributed by atoms with van der Waals surface area (Å²) < 4.78 is 9.89. The van der Waals surface area contributed by atoms with Gasteiger partial charge in [-0.25, -0.2) is 4.79 Å². The Balaban J connectivity index is 3.17. The molecule has 0 aliphatic rings. The van der Waals surface area contributed by atoms with Crippen molar-refractivity contribution in [1.82, 2.24) is 0 Å². The van der Waals surface area contributed by atoms with Gasteiger partial charge in [-0.05, 0) is 37.6 Å². The fourth-order valence-corrected chi connectivity index (χ4v) is 1.63. The summed E-state index contributed by atoms with van der Waals surface area (Å²) in [6, 6.07) is 4.64. The number of halogens is 1. The van der Waals surface area contributed by atoms with Crippen LogP contribution in [-0.4, -0.2) is 24.3 Å². The Morgan fingerprint density at radius 2 is 2.15 bits per heavy atom. The van der Waals surface area contributed by atoms with Crippen molar-refractivity contribution in [3.8, 4) is 17.6 Å². The lowest BCUT2D eigenvalue weighted by Gasteiger charge is -2.08. The van der Waals surface area contributed by atoms with E-state index in [0.717, 1.165) is 0 Å². The highest BCUT2D eigenvalue weighted by atomic mass is 35.5. The minimum absolute atomic E-state index is 0.0603. The third-order valence-corrected chi connectivity index (χ3v) is 2.55. The third-order valence-electron chi connectivity index (χ3n) is 2.26. The van der Waals surface area contributed by atoms with E-state index >= 15 is 0 Å². The summed E-state index contributed by atoms with van der Waals surface area (Å²) in [5.41, 5.74) is 0.282.